The number of likely N-dealkylation sites (tertiary alicyclic amines) is 1. The van der Waals surface area contributed by atoms with E-state index in [9.17, 15) is 4.79 Å². The van der Waals surface area contributed by atoms with Gasteiger partial charge in [0.05, 0.1) is 0 Å². The zero-order valence-corrected chi connectivity index (χ0v) is 32.1. The van der Waals surface area contributed by atoms with Crippen molar-refractivity contribution in [3.63, 3.8) is 0 Å². The van der Waals surface area contributed by atoms with Crippen molar-refractivity contribution < 1.29 is 4.79 Å². The van der Waals surface area contributed by atoms with Crippen LogP contribution in [0.5, 0.6) is 0 Å². The van der Waals surface area contributed by atoms with E-state index in [0.29, 0.717) is 30.1 Å². The molecule has 2 saturated heterocycles. The summed E-state index contributed by atoms with van der Waals surface area (Å²) in [4.78, 5) is 14.9. The fraction of sp³-hybridized carbons (Fsp3) is 0.658. The highest BCUT2D eigenvalue weighted by molar-refractivity contribution is 9.10. The van der Waals surface area contributed by atoms with Crippen LogP contribution in [-0.2, 0) is 17.6 Å². The summed E-state index contributed by atoms with van der Waals surface area (Å²) in [7, 11) is 0. The molecule has 4 aliphatic rings. The largest absolute Gasteiger partial charge is 0.342 e. The molecular formula is C38H58Br2ClN3O. The van der Waals surface area contributed by atoms with Crippen LogP contribution in [0.3, 0.4) is 0 Å². The van der Waals surface area contributed by atoms with Crippen molar-refractivity contribution in [2.45, 2.75) is 110 Å². The zero-order chi connectivity index (χ0) is 31.6. The van der Waals surface area contributed by atoms with Gasteiger partial charge in [0.15, 0.2) is 0 Å². The first-order chi connectivity index (χ1) is 21.1. The molecule has 0 radical (unpaired) electrons. The molecule has 7 heteroatoms. The van der Waals surface area contributed by atoms with Gasteiger partial charge in [0.1, 0.15) is 0 Å². The highest BCUT2D eigenvalue weighted by Crippen LogP contribution is 2.36. The third-order valence-electron chi connectivity index (χ3n) is 10.5. The molecule has 2 aromatic carbocycles. The Bertz CT molecular complexity index is 1200. The van der Waals surface area contributed by atoms with E-state index < -0.39 is 0 Å². The molecule has 45 heavy (non-hydrogen) atoms. The second-order valence-electron chi connectivity index (χ2n) is 14.3. The number of nitrogens with two attached hydrogens (primary N) is 1. The fourth-order valence-corrected chi connectivity index (χ4v) is 8.21. The minimum Gasteiger partial charge on any atom is -0.342 e. The van der Waals surface area contributed by atoms with Crippen LogP contribution in [0.2, 0.25) is 0 Å². The molecule has 2 fully saturated rings. The van der Waals surface area contributed by atoms with Crippen molar-refractivity contribution in [2.75, 3.05) is 26.2 Å². The molecule has 2 heterocycles. The van der Waals surface area contributed by atoms with Gasteiger partial charge in [-0.1, -0.05) is 84.5 Å². The van der Waals surface area contributed by atoms with Gasteiger partial charge in [0.2, 0.25) is 5.91 Å². The monoisotopic (exact) mass is 765 g/mol. The Morgan fingerprint density at radius 3 is 2.00 bits per heavy atom. The van der Waals surface area contributed by atoms with E-state index in [0.717, 1.165) is 48.7 Å². The molecule has 0 aromatic heterocycles. The van der Waals surface area contributed by atoms with Gasteiger partial charge < -0.3 is 16.0 Å². The zero-order valence-electron chi connectivity index (χ0n) is 28.1. The molecule has 6 rings (SSSR count). The van der Waals surface area contributed by atoms with Crippen LogP contribution in [0.1, 0.15) is 120 Å². The number of rotatable bonds is 4. The average Bonchev–Trinajstić information content (AvgIpc) is 3.65. The van der Waals surface area contributed by atoms with Gasteiger partial charge in [-0.25, -0.2) is 0 Å². The van der Waals surface area contributed by atoms with Crippen LogP contribution in [0.15, 0.2) is 45.3 Å². The highest BCUT2D eigenvalue weighted by Gasteiger charge is 2.30. The van der Waals surface area contributed by atoms with Crippen molar-refractivity contribution in [3.05, 3.63) is 67.6 Å². The van der Waals surface area contributed by atoms with E-state index >= 15 is 0 Å². The molecule has 0 spiro atoms. The lowest BCUT2D eigenvalue weighted by atomic mass is 9.89. The minimum absolute atomic E-state index is 0. The van der Waals surface area contributed by atoms with Gasteiger partial charge in [-0.3, -0.25) is 4.79 Å². The van der Waals surface area contributed by atoms with Crippen LogP contribution >= 0.6 is 44.3 Å². The number of nitrogens with one attached hydrogen (secondary N) is 1. The van der Waals surface area contributed by atoms with E-state index in [-0.39, 0.29) is 18.4 Å². The number of hydrogen-bond acceptors (Lipinski definition) is 3. The van der Waals surface area contributed by atoms with E-state index in [1.165, 1.54) is 84.8 Å². The van der Waals surface area contributed by atoms with Crippen LogP contribution in [0, 0.1) is 23.7 Å². The van der Waals surface area contributed by atoms with Gasteiger partial charge in [0, 0.05) is 34.5 Å². The summed E-state index contributed by atoms with van der Waals surface area (Å²) in [6.07, 6.45) is 12.9. The maximum absolute atomic E-state index is 12.8. The third-order valence-corrected chi connectivity index (χ3v) is 11.5. The second-order valence-corrected chi connectivity index (χ2v) is 16.1. The minimum atomic E-state index is 0. The number of fused-ring (bicyclic) bond motifs is 2. The van der Waals surface area contributed by atoms with Crippen LogP contribution < -0.4 is 11.1 Å². The molecule has 0 bridgehead atoms. The number of benzene rings is 2. The molecule has 252 valence electrons. The fourth-order valence-electron chi connectivity index (χ4n) is 7.39. The number of nitrogens with zero attached hydrogens (tertiary/aromatic N) is 1. The van der Waals surface area contributed by atoms with Gasteiger partial charge in [0.25, 0.3) is 0 Å². The standard InChI is InChI=1S/C20H28BrNO.C11H14BrN.C7H15N.ClH/c1-14(2)17-9-10-22(13-17)20(23)12-16-6-4-3-5-15-11-18(21)7-8-19(15)16;12-9-5-6-10-8(7-9)3-1-2-4-11(10)13;1-6(2)7-3-4-8-5-7;/h7-8,11,14,16-17H,3-6,9-10,12-13H2,1-2H3;5-7,11H,1-4,13H2;6-8H,3-5H2,1-2H3;1H. The second kappa shape index (κ2) is 19.2. The van der Waals surface area contributed by atoms with Crippen molar-refractivity contribution in [1.29, 1.82) is 0 Å². The summed E-state index contributed by atoms with van der Waals surface area (Å²) < 4.78 is 2.32. The summed E-state index contributed by atoms with van der Waals surface area (Å²) >= 11 is 7.08. The van der Waals surface area contributed by atoms with Crippen molar-refractivity contribution in [1.82, 2.24) is 10.2 Å². The van der Waals surface area contributed by atoms with Crippen molar-refractivity contribution in [3.8, 4) is 0 Å². The Hall–Kier alpha value is -0.920. The van der Waals surface area contributed by atoms with E-state index in [4.69, 9.17) is 5.73 Å². The summed E-state index contributed by atoms with van der Waals surface area (Å²) in [6, 6.07) is 13.3. The molecule has 2 aromatic rings. The lowest BCUT2D eigenvalue weighted by molar-refractivity contribution is -0.130. The first-order valence-electron chi connectivity index (χ1n) is 17.4. The first-order valence-corrected chi connectivity index (χ1v) is 19.0. The molecule has 1 amide bonds. The number of aryl methyl sites for hydroxylation is 2. The molecule has 4 atom stereocenters. The molecule has 2 aliphatic carbocycles. The smallest absolute Gasteiger partial charge is 0.223 e. The Balaban J connectivity index is 0.000000210. The predicted octanol–water partition coefficient (Wildman–Crippen LogP) is 10.0. The Morgan fingerprint density at radius 2 is 1.44 bits per heavy atom. The molecular weight excluding hydrogens is 710 g/mol. The summed E-state index contributed by atoms with van der Waals surface area (Å²) in [6.45, 7) is 13.6. The SMILES string of the molecule is CC(C)C1CCN(C(=O)CC2CCCCc3cc(Br)ccc32)C1.CC(C)C1CCNC1.Cl.NC1CCCCc2cc(Br)ccc21. The van der Waals surface area contributed by atoms with E-state index in [1.54, 1.807) is 0 Å². The van der Waals surface area contributed by atoms with Crippen molar-refractivity contribution >= 4 is 50.2 Å². The van der Waals surface area contributed by atoms with Gasteiger partial charge in [-0.2, -0.15) is 0 Å². The predicted molar refractivity (Wildman–Crippen MR) is 200 cm³/mol. The molecule has 4 nitrogen and oxygen atoms in total. The average molecular weight is 768 g/mol. The van der Waals surface area contributed by atoms with E-state index in [1.807, 2.05) is 0 Å². The normalized spacial score (nSPS) is 24.2. The molecule has 4 unspecified atom stereocenters. The Morgan fingerprint density at radius 1 is 0.844 bits per heavy atom. The van der Waals surface area contributed by atoms with Gasteiger partial charge in [-0.05, 0) is 141 Å². The molecule has 0 saturated carbocycles. The quantitative estimate of drug-likeness (QED) is 0.305. The van der Waals surface area contributed by atoms with Crippen LogP contribution in [0.4, 0.5) is 0 Å². The van der Waals surface area contributed by atoms with Gasteiger partial charge >= 0.3 is 0 Å². The van der Waals surface area contributed by atoms with Crippen LogP contribution in [0.25, 0.3) is 0 Å². The van der Waals surface area contributed by atoms with Crippen LogP contribution in [-0.4, -0.2) is 37.0 Å². The first kappa shape index (κ1) is 38.5. The lowest BCUT2D eigenvalue weighted by Gasteiger charge is -2.22. The number of amides is 1. The number of carbonyl (C=O) groups is 1. The lowest BCUT2D eigenvalue weighted by Crippen LogP contribution is -2.30. The maximum atomic E-state index is 12.8. The summed E-state index contributed by atoms with van der Waals surface area (Å²) in [5, 5.41) is 3.35. The molecule has 3 N–H and O–H groups in total. The Labute approximate surface area is 297 Å². The van der Waals surface area contributed by atoms with Gasteiger partial charge in [-0.15, -0.1) is 12.4 Å². The number of carbonyl (C=O) groups excluding carboxylic acids is 1. The maximum Gasteiger partial charge on any atom is 0.223 e. The summed E-state index contributed by atoms with van der Waals surface area (Å²) in [5.74, 6) is 3.99. The summed E-state index contributed by atoms with van der Waals surface area (Å²) in [5.41, 5.74) is 11.7. The topological polar surface area (TPSA) is 58.4 Å². The number of halogens is 3. The molecule has 2 aliphatic heterocycles. The van der Waals surface area contributed by atoms with Crippen molar-refractivity contribution in [2.24, 2.45) is 29.4 Å². The van der Waals surface area contributed by atoms with E-state index in [2.05, 4.69) is 106 Å². The third kappa shape index (κ3) is 11.6. The Kier molecular flexibility index (Phi) is 16.4. The number of hydrogen-bond donors (Lipinski definition) is 2. The highest BCUT2D eigenvalue weighted by atomic mass is 79.9.